The van der Waals surface area contributed by atoms with Crippen LogP contribution in [-0.4, -0.2) is 23.0 Å². The third-order valence-electron chi connectivity index (χ3n) is 2.84. The molecule has 0 aliphatic carbocycles. The number of carboxylic acid groups (broad SMARTS) is 1. The van der Waals surface area contributed by atoms with Crippen molar-refractivity contribution in [2.75, 3.05) is 11.9 Å². The van der Waals surface area contributed by atoms with Crippen LogP contribution in [0.25, 0.3) is 0 Å². The van der Waals surface area contributed by atoms with Crippen LogP contribution in [0, 0.1) is 0 Å². The number of carboxylic acids is 1. The van der Waals surface area contributed by atoms with E-state index >= 15 is 0 Å². The Morgan fingerprint density at radius 3 is 2.68 bits per heavy atom. The second-order valence-corrected chi connectivity index (χ2v) is 5.25. The van der Waals surface area contributed by atoms with Crippen molar-refractivity contribution in [1.29, 1.82) is 0 Å². The molecule has 106 valence electrons. The van der Waals surface area contributed by atoms with Gasteiger partial charge in [-0.1, -0.05) is 34.1 Å². The first kappa shape index (κ1) is 16.0. The number of aryl methyl sites for hydroxylation is 1. The fourth-order valence-electron chi connectivity index (χ4n) is 1.84. The summed E-state index contributed by atoms with van der Waals surface area (Å²) in [5.74, 6) is 0.153. The summed E-state index contributed by atoms with van der Waals surface area (Å²) in [6.45, 7) is 0.725. The highest BCUT2D eigenvalue weighted by molar-refractivity contribution is 9.09. The summed E-state index contributed by atoms with van der Waals surface area (Å²) in [5, 5.41) is 9.69. The third-order valence-corrected chi connectivity index (χ3v) is 3.41. The third kappa shape index (κ3) is 7.21. The van der Waals surface area contributed by atoms with E-state index in [1.165, 1.54) is 6.42 Å². The van der Waals surface area contributed by atoms with Crippen molar-refractivity contribution in [2.24, 2.45) is 0 Å². The molecule has 0 aromatic heterocycles. The van der Waals surface area contributed by atoms with Crippen molar-refractivity contribution in [2.45, 2.75) is 38.5 Å². The van der Waals surface area contributed by atoms with Crippen LogP contribution < -0.4 is 4.74 Å². The number of rotatable bonds is 10. The van der Waals surface area contributed by atoms with E-state index in [1.54, 1.807) is 0 Å². The molecule has 0 bridgehead atoms. The van der Waals surface area contributed by atoms with E-state index in [-0.39, 0.29) is 6.42 Å². The Hall–Kier alpha value is -1.03. The minimum atomic E-state index is -0.742. The molecule has 19 heavy (non-hydrogen) atoms. The van der Waals surface area contributed by atoms with Gasteiger partial charge in [-0.3, -0.25) is 4.79 Å². The summed E-state index contributed by atoms with van der Waals surface area (Å²) in [6.07, 6.45) is 4.99. The van der Waals surface area contributed by atoms with E-state index in [0.717, 1.165) is 42.5 Å². The second kappa shape index (κ2) is 9.84. The number of hydrogen-bond acceptors (Lipinski definition) is 2. The van der Waals surface area contributed by atoms with Crippen LogP contribution in [0.5, 0.6) is 5.75 Å². The molecular formula is C15H21BrO3. The van der Waals surface area contributed by atoms with Gasteiger partial charge in [-0.15, -0.1) is 0 Å². The van der Waals surface area contributed by atoms with Gasteiger partial charge in [0.2, 0.25) is 0 Å². The Labute approximate surface area is 123 Å². The molecule has 1 aromatic rings. The molecule has 3 nitrogen and oxygen atoms in total. The molecule has 0 aliphatic heterocycles. The van der Waals surface area contributed by atoms with Crippen LogP contribution in [0.15, 0.2) is 24.3 Å². The molecule has 0 fully saturated rings. The van der Waals surface area contributed by atoms with E-state index in [2.05, 4.69) is 15.9 Å². The monoisotopic (exact) mass is 328 g/mol. The van der Waals surface area contributed by atoms with Crippen molar-refractivity contribution in [1.82, 2.24) is 0 Å². The predicted octanol–water partition coefficient (Wildman–Crippen LogP) is 4.04. The first-order valence-corrected chi connectivity index (χ1v) is 7.84. The zero-order valence-electron chi connectivity index (χ0n) is 11.1. The Bertz CT molecular complexity index is 379. The fourth-order valence-corrected chi connectivity index (χ4v) is 2.23. The van der Waals surface area contributed by atoms with Gasteiger partial charge in [0.05, 0.1) is 6.61 Å². The molecular weight excluding hydrogens is 308 g/mol. The zero-order chi connectivity index (χ0) is 13.9. The molecule has 1 rings (SSSR count). The lowest BCUT2D eigenvalue weighted by molar-refractivity contribution is -0.137. The number of benzene rings is 1. The number of unbranched alkanes of at least 4 members (excludes halogenated alkanes) is 2. The normalized spacial score (nSPS) is 10.4. The standard InChI is InChI=1S/C15H21BrO3/c16-11-4-1-5-12-19-14-9-3-2-7-13(14)8-6-10-15(17)18/h2-3,7,9H,1,4-6,8,10-12H2,(H,17,18). The van der Waals surface area contributed by atoms with Gasteiger partial charge in [-0.2, -0.15) is 0 Å². The topological polar surface area (TPSA) is 46.5 Å². The Balaban J connectivity index is 2.37. The highest BCUT2D eigenvalue weighted by Gasteiger charge is 2.04. The molecule has 0 unspecified atom stereocenters. The van der Waals surface area contributed by atoms with Gasteiger partial charge in [0, 0.05) is 11.8 Å². The van der Waals surface area contributed by atoms with Crippen molar-refractivity contribution < 1.29 is 14.6 Å². The Morgan fingerprint density at radius 2 is 1.95 bits per heavy atom. The molecule has 0 saturated carbocycles. The SMILES string of the molecule is O=C(O)CCCc1ccccc1OCCCCCBr. The maximum Gasteiger partial charge on any atom is 0.303 e. The fraction of sp³-hybridized carbons (Fsp3) is 0.533. The molecule has 0 amide bonds. The second-order valence-electron chi connectivity index (χ2n) is 4.45. The highest BCUT2D eigenvalue weighted by Crippen LogP contribution is 2.20. The van der Waals surface area contributed by atoms with Crippen molar-refractivity contribution in [3.63, 3.8) is 0 Å². The lowest BCUT2D eigenvalue weighted by atomic mass is 10.1. The number of hydrogen-bond donors (Lipinski definition) is 1. The van der Waals surface area contributed by atoms with Gasteiger partial charge in [0.15, 0.2) is 0 Å². The quantitative estimate of drug-likeness (QED) is 0.521. The largest absolute Gasteiger partial charge is 0.493 e. The maximum absolute atomic E-state index is 10.5. The van der Waals surface area contributed by atoms with E-state index < -0.39 is 5.97 Å². The summed E-state index contributed by atoms with van der Waals surface area (Å²) in [4.78, 5) is 10.5. The van der Waals surface area contributed by atoms with Gasteiger partial charge < -0.3 is 9.84 Å². The van der Waals surface area contributed by atoms with Crippen LogP contribution in [0.3, 0.4) is 0 Å². The summed E-state index contributed by atoms with van der Waals surface area (Å²) < 4.78 is 5.78. The van der Waals surface area contributed by atoms with Gasteiger partial charge in [0.1, 0.15) is 5.75 Å². The van der Waals surface area contributed by atoms with Crippen LogP contribution in [0.2, 0.25) is 0 Å². The molecule has 0 spiro atoms. The molecule has 1 aromatic carbocycles. The molecule has 4 heteroatoms. The lowest BCUT2D eigenvalue weighted by Crippen LogP contribution is -2.01. The molecule has 1 N–H and O–H groups in total. The van der Waals surface area contributed by atoms with E-state index in [9.17, 15) is 4.79 Å². The van der Waals surface area contributed by atoms with E-state index in [1.807, 2.05) is 24.3 Å². The minimum absolute atomic E-state index is 0.208. The molecule has 0 atom stereocenters. The lowest BCUT2D eigenvalue weighted by Gasteiger charge is -2.11. The number of aliphatic carboxylic acids is 1. The first-order chi connectivity index (χ1) is 9.24. The number of para-hydroxylation sites is 1. The van der Waals surface area contributed by atoms with E-state index in [4.69, 9.17) is 9.84 Å². The number of ether oxygens (including phenoxy) is 1. The summed E-state index contributed by atoms with van der Waals surface area (Å²) in [5.41, 5.74) is 1.10. The van der Waals surface area contributed by atoms with Crippen LogP contribution in [0.1, 0.15) is 37.7 Å². The average Bonchev–Trinajstić information content (AvgIpc) is 2.40. The first-order valence-electron chi connectivity index (χ1n) is 6.72. The smallest absolute Gasteiger partial charge is 0.303 e. The Morgan fingerprint density at radius 1 is 1.16 bits per heavy atom. The average molecular weight is 329 g/mol. The van der Waals surface area contributed by atoms with Gasteiger partial charge in [-0.05, 0) is 43.7 Å². The number of carbonyl (C=O) groups is 1. The predicted molar refractivity (Wildman–Crippen MR) is 80.2 cm³/mol. The highest BCUT2D eigenvalue weighted by atomic mass is 79.9. The molecule has 0 radical (unpaired) electrons. The van der Waals surface area contributed by atoms with Crippen molar-refractivity contribution in [3.05, 3.63) is 29.8 Å². The van der Waals surface area contributed by atoms with Gasteiger partial charge in [0.25, 0.3) is 0 Å². The number of alkyl halides is 1. The molecule has 0 heterocycles. The van der Waals surface area contributed by atoms with Crippen molar-refractivity contribution >= 4 is 21.9 Å². The van der Waals surface area contributed by atoms with Gasteiger partial charge >= 0.3 is 5.97 Å². The van der Waals surface area contributed by atoms with Crippen LogP contribution in [0.4, 0.5) is 0 Å². The Kier molecular flexibility index (Phi) is 8.30. The molecule has 0 saturated heterocycles. The summed E-state index contributed by atoms with van der Waals surface area (Å²) >= 11 is 3.41. The van der Waals surface area contributed by atoms with E-state index in [0.29, 0.717) is 6.42 Å². The summed E-state index contributed by atoms with van der Waals surface area (Å²) in [6, 6.07) is 7.89. The summed E-state index contributed by atoms with van der Waals surface area (Å²) in [7, 11) is 0. The minimum Gasteiger partial charge on any atom is -0.493 e. The maximum atomic E-state index is 10.5. The van der Waals surface area contributed by atoms with Gasteiger partial charge in [-0.25, -0.2) is 0 Å². The number of halogens is 1. The zero-order valence-corrected chi connectivity index (χ0v) is 12.7. The van der Waals surface area contributed by atoms with Crippen molar-refractivity contribution in [3.8, 4) is 5.75 Å². The molecule has 0 aliphatic rings. The van der Waals surface area contributed by atoms with Crippen LogP contribution >= 0.6 is 15.9 Å². The van der Waals surface area contributed by atoms with Crippen LogP contribution in [-0.2, 0) is 11.2 Å².